The third-order valence-corrected chi connectivity index (χ3v) is 4.61. The highest BCUT2D eigenvalue weighted by Crippen LogP contribution is 2.35. The minimum atomic E-state index is -0.613. The molecule has 0 unspecified atom stereocenters. The predicted molar refractivity (Wildman–Crippen MR) is 67.1 cm³/mol. The molecule has 98 valence electrons. The molecule has 17 heavy (non-hydrogen) atoms. The summed E-state index contributed by atoms with van der Waals surface area (Å²) in [6.45, 7) is 2.04. The predicted octanol–water partition coefficient (Wildman–Crippen LogP) is 1.46. The van der Waals surface area contributed by atoms with Crippen LogP contribution in [0, 0.1) is 0 Å². The summed E-state index contributed by atoms with van der Waals surface area (Å²) in [4.78, 5) is 13.9. The van der Waals surface area contributed by atoms with E-state index in [-0.39, 0.29) is 0 Å². The van der Waals surface area contributed by atoms with E-state index in [9.17, 15) is 9.90 Å². The van der Waals surface area contributed by atoms with E-state index in [0.29, 0.717) is 6.04 Å². The van der Waals surface area contributed by atoms with E-state index >= 15 is 0 Å². The molecule has 0 amide bonds. The molecule has 2 N–H and O–H groups in total. The quantitative estimate of drug-likeness (QED) is 0.784. The van der Waals surface area contributed by atoms with Crippen LogP contribution in [0.15, 0.2) is 0 Å². The number of likely N-dealkylation sites (N-methyl/N-ethyl adjacent to an activating group) is 1. The normalized spacial score (nSPS) is 26.0. The average molecular weight is 240 g/mol. The zero-order valence-electron chi connectivity index (χ0n) is 10.7. The number of carboxylic acid groups (broad SMARTS) is 1. The molecule has 1 saturated heterocycles. The van der Waals surface area contributed by atoms with Crippen molar-refractivity contribution in [1.82, 2.24) is 10.2 Å². The second-order valence-electron chi connectivity index (χ2n) is 5.49. The average Bonchev–Trinajstić information content (AvgIpc) is 2.39. The van der Waals surface area contributed by atoms with Crippen molar-refractivity contribution in [3.05, 3.63) is 0 Å². The molecule has 2 aliphatic rings. The van der Waals surface area contributed by atoms with Crippen LogP contribution in [-0.2, 0) is 4.79 Å². The highest BCUT2D eigenvalue weighted by molar-refractivity contribution is 5.79. The van der Waals surface area contributed by atoms with Crippen LogP contribution in [-0.4, -0.2) is 47.7 Å². The number of nitrogens with zero attached hydrogens (tertiary/aromatic N) is 1. The molecule has 4 heteroatoms. The lowest BCUT2D eigenvalue weighted by molar-refractivity contribution is -0.155. The molecule has 0 bridgehead atoms. The summed E-state index contributed by atoms with van der Waals surface area (Å²) >= 11 is 0. The number of hydrogen-bond donors (Lipinski definition) is 2. The first-order chi connectivity index (χ1) is 8.17. The Kier molecular flexibility index (Phi) is 4.05. The SMILES string of the molecule is CN(C1CCNCC1)C1(C(=O)O)CCCCC1. The largest absolute Gasteiger partial charge is 0.480 e. The van der Waals surface area contributed by atoms with Crippen molar-refractivity contribution in [2.75, 3.05) is 20.1 Å². The van der Waals surface area contributed by atoms with E-state index < -0.39 is 11.5 Å². The maximum atomic E-state index is 11.7. The minimum absolute atomic E-state index is 0.436. The third-order valence-electron chi connectivity index (χ3n) is 4.61. The van der Waals surface area contributed by atoms with Gasteiger partial charge in [0, 0.05) is 6.04 Å². The Bertz CT molecular complexity index is 269. The Morgan fingerprint density at radius 1 is 1.24 bits per heavy atom. The van der Waals surface area contributed by atoms with E-state index in [0.717, 1.165) is 51.6 Å². The van der Waals surface area contributed by atoms with Crippen LogP contribution in [0.3, 0.4) is 0 Å². The number of carboxylic acids is 1. The van der Waals surface area contributed by atoms with Gasteiger partial charge in [0.1, 0.15) is 5.54 Å². The van der Waals surface area contributed by atoms with Crippen molar-refractivity contribution in [3.63, 3.8) is 0 Å². The molecular formula is C13H24N2O2. The number of hydrogen-bond acceptors (Lipinski definition) is 3. The van der Waals surface area contributed by atoms with Crippen LogP contribution in [0.25, 0.3) is 0 Å². The topological polar surface area (TPSA) is 52.6 Å². The van der Waals surface area contributed by atoms with Gasteiger partial charge in [-0.15, -0.1) is 0 Å². The molecule has 0 atom stereocenters. The minimum Gasteiger partial charge on any atom is -0.480 e. The summed E-state index contributed by atoms with van der Waals surface area (Å²) in [6, 6.07) is 0.436. The molecule has 1 aliphatic carbocycles. The maximum absolute atomic E-state index is 11.7. The van der Waals surface area contributed by atoms with Gasteiger partial charge in [0.25, 0.3) is 0 Å². The van der Waals surface area contributed by atoms with E-state index in [1.807, 2.05) is 7.05 Å². The van der Waals surface area contributed by atoms with Crippen molar-refractivity contribution in [2.45, 2.75) is 56.5 Å². The monoisotopic (exact) mass is 240 g/mol. The summed E-state index contributed by atoms with van der Waals surface area (Å²) in [5.41, 5.74) is -0.583. The Labute approximate surface area is 103 Å². The Hall–Kier alpha value is -0.610. The number of piperidine rings is 1. The molecule has 0 spiro atoms. The first kappa shape index (κ1) is 12.8. The second kappa shape index (κ2) is 5.36. The van der Waals surface area contributed by atoms with Gasteiger partial charge in [0.15, 0.2) is 0 Å². The van der Waals surface area contributed by atoms with Gasteiger partial charge in [-0.1, -0.05) is 19.3 Å². The summed E-state index contributed by atoms with van der Waals surface area (Å²) in [5.74, 6) is -0.613. The van der Waals surface area contributed by atoms with Gasteiger partial charge in [-0.3, -0.25) is 9.69 Å². The lowest BCUT2D eigenvalue weighted by Crippen LogP contribution is -2.59. The Morgan fingerprint density at radius 3 is 2.35 bits per heavy atom. The van der Waals surface area contributed by atoms with Gasteiger partial charge in [0.2, 0.25) is 0 Å². The molecule has 2 rings (SSSR count). The molecule has 1 saturated carbocycles. The molecule has 1 aliphatic heterocycles. The maximum Gasteiger partial charge on any atom is 0.324 e. The molecule has 4 nitrogen and oxygen atoms in total. The summed E-state index contributed by atoms with van der Waals surface area (Å²) in [7, 11) is 2.02. The molecule has 0 aromatic carbocycles. The number of aliphatic carboxylic acids is 1. The van der Waals surface area contributed by atoms with Crippen molar-refractivity contribution >= 4 is 5.97 Å². The number of carbonyl (C=O) groups is 1. The summed E-state index contributed by atoms with van der Waals surface area (Å²) in [6.07, 6.45) is 7.10. The highest BCUT2D eigenvalue weighted by Gasteiger charge is 2.45. The van der Waals surface area contributed by atoms with Crippen LogP contribution in [0.2, 0.25) is 0 Å². The van der Waals surface area contributed by atoms with E-state index in [4.69, 9.17) is 0 Å². The van der Waals surface area contributed by atoms with Gasteiger partial charge >= 0.3 is 5.97 Å². The summed E-state index contributed by atoms with van der Waals surface area (Å²) in [5, 5.41) is 13.0. The van der Waals surface area contributed by atoms with Gasteiger partial charge in [-0.2, -0.15) is 0 Å². The van der Waals surface area contributed by atoms with Crippen LogP contribution < -0.4 is 5.32 Å². The molecule has 0 aromatic rings. The zero-order valence-corrected chi connectivity index (χ0v) is 10.7. The number of rotatable bonds is 3. The first-order valence-corrected chi connectivity index (χ1v) is 6.84. The lowest BCUT2D eigenvalue weighted by Gasteiger charge is -2.46. The van der Waals surface area contributed by atoms with Crippen molar-refractivity contribution in [2.24, 2.45) is 0 Å². The van der Waals surface area contributed by atoms with Crippen LogP contribution in [0.1, 0.15) is 44.9 Å². The van der Waals surface area contributed by atoms with Crippen LogP contribution >= 0.6 is 0 Å². The molecule has 0 aromatic heterocycles. The van der Waals surface area contributed by atoms with Crippen molar-refractivity contribution < 1.29 is 9.90 Å². The summed E-state index contributed by atoms with van der Waals surface area (Å²) < 4.78 is 0. The van der Waals surface area contributed by atoms with Gasteiger partial charge < -0.3 is 10.4 Å². The third kappa shape index (κ3) is 2.47. The van der Waals surface area contributed by atoms with Crippen LogP contribution in [0.5, 0.6) is 0 Å². The lowest BCUT2D eigenvalue weighted by atomic mass is 9.79. The zero-order chi connectivity index (χ0) is 12.3. The van der Waals surface area contributed by atoms with E-state index in [1.54, 1.807) is 0 Å². The Balaban J connectivity index is 2.11. The molecule has 0 radical (unpaired) electrons. The first-order valence-electron chi connectivity index (χ1n) is 6.84. The number of nitrogens with one attached hydrogen (secondary N) is 1. The fraction of sp³-hybridized carbons (Fsp3) is 0.923. The standard InChI is InChI=1S/C13H24N2O2/c1-15(11-5-9-14-10-6-11)13(12(16)17)7-3-2-4-8-13/h11,14H,2-10H2,1H3,(H,16,17). The fourth-order valence-corrected chi connectivity index (χ4v) is 3.40. The van der Waals surface area contributed by atoms with Gasteiger partial charge in [0.05, 0.1) is 0 Å². The highest BCUT2D eigenvalue weighted by atomic mass is 16.4. The van der Waals surface area contributed by atoms with Gasteiger partial charge in [-0.05, 0) is 45.8 Å². The molecule has 1 heterocycles. The fourth-order valence-electron chi connectivity index (χ4n) is 3.40. The van der Waals surface area contributed by atoms with Gasteiger partial charge in [-0.25, -0.2) is 0 Å². The van der Waals surface area contributed by atoms with Crippen LogP contribution in [0.4, 0.5) is 0 Å². The smallest absolute Gasteiger partial charge is 0.324 e. The van der Waals surface area contributed by atoms with Crippen molar-refractivity contribution in [3.8, 4) is 0 Å². The molecular weight excluding hydrogens is 216 g/mol. The van der Waals surface area contributed by atoms with E-state index in [2.05, 4.69) is 10.2 Å². The Morgan fingerprint density at radius 2 is 1.82 bits per heavy atom. The van der Waals surface area contributed by atoms with Crippen molar-refractivity contribution in [1.29, 1.82) is 0 Å². The van der Waals surface area contributed by atoms with E-state index in [1.165, 1.54) is 6.42 Å². The molecule has 2 fully saturated rings. The second-order valence-corrected chi connectivity index (χ2v) is 5.49.